The van der Waals surface area contributed by atoms with Crippen LogP contribution in [0, 0.1) is 5.82 Å². The number of aromatic nitrogens is 2. The lowest BCUT2D eigenvalue weighted by Crippen LogP contribution is -2.36. The second kappa shape index (κ2) is 5.04. The van der Waals surface area contributed by atoms with E-state index in [0.717, 1.165) is 11.0 Å². The third kappa shape index (κ3) is 3.34. The summed E-state index contributed by atoms with van der Waals surface area (Å²) in [5.74, 6) is -0.556. The highest BCUT2D eigenvalue weighted by atomic mass is 19.4. The summed E-state index contributed by atoms with van der Waals surface area (Å²) in [7, 11) is 0. The highest BCUT2D eigenvalue weighted by Gasteiger charge is 2.31. The van der Waals surface area contributed by atoms with Crippen LogP contribution in [0.25, 0.3) is 11.0 Å². The van der Waals surface area contributed by atoms with Crippen LogP contribution in [0.3, 0.4) is 0 Å². The fourth-order valence-corrected chi connectivity index (χ4v) is 1.72. The maximum absolute atomic E-state index is 13.0. The summed E-state index contributed by atoms with van der Waals surface area (Å²) >= 11 is 0. The molecule has 2 N–H and O–H groups in total. The van der Waals surface area contributed by atoms with Crippen LogP contribution in [0.1, 0.15) is 0 Å². The molecule has 0 amide bonds. The number of rotatable bonds is 4. The average Bonchev–Trinajstić information content (AvgIpc) is 2.69. The molecule has 1 heterocycles. The van der Waals surface area contributed by atoms with E-state index in [0.29, 0.717) is 11.0 Å². The van der Waals surface area contributed by atoms with E-state index < -0.39 is 25.1 Å². The lowest BCUT2D eigenvalue weighted by atomic mass is 10.3. The fourth-order valence-electron chi connectivity index (χ4n) is 1.72. The van der Waals surface area contributed by atoms with E-state index >= 15 is 0 Å². The molecule has 8 heteroatoms. The van der Waals surface area contributed by atoms with E-state index in [-0.39, 0.29) is 12.5 Å². The maximum atomic E-state index is 13.0. The number of aliphatic hydroxyl groups excluding tert-OH is 1. The van der Waals surface area contributed by atoms with Gasteiger partial charge in [0, 0.05) is 6.54 Å². The number of nitrogens with zero attached hydrogens (tertiary/aromatic N) is 2. The molecule has 1 aromatic heterocycles. The highest BCUT2D eigenvalue weighted by molar-refractivity contribution is 5.77. The SMILES string of the molecule is OCCN(CC(F)(F)F)c1nc2ccc(F)cc2[nH]1. The van der Waals surface area contributed by atoms with E-state index in [9.17, 15) is 17.6 Å². The second-order valence-electron chi connectivity index (χ2n) is 3.98. The van der Waals surface area contributed by atoms with Crippen molar-refractivity contribution in [2.45, 2.75) is 6.18 Å². The van der Waals surface area contributed by atoms with Gasteiger partial charge < -0.3 is 15.0 Å². The van der Waals surface area contributed by atoms with Gasteiger partial charge in [-0.3, -0.25) is 0 Å². The average molecular weight is 277 g/mol. The Kier molecular flexibility index (Phi) is 3.61. The largest absolute Gasteiger partial charge is 0.406 e. The molecule has 2 rings (SSSR count). The Morgan fingerprint density at radius 3 is 2.68 bits per heavy atom. The summed E-state index contributed by atoms with van der Waals surface area (Å²) < 4.78 is 50.2. The van der Waals surface area contributed by atoms with E-state index in [1.807, 2.05) is 0 Å². The minimum atomic E-state index is -4.42. The van der Waals surface area contributed by atoms with Gasteiger partial charge in [-0.1, -0.05) is 0 Å². The molecule has 0 bridgehead atoms. The Balaban J connectivity index is 2.33. The van der Waals surface area contributed by atoms with Gasteiger partial charge in [0.2, 0.25) is 5.95 Å². The number of alkyl halides is 3. The van der Waals surface area contributed by atoms with Crippen molar-refractivity contribution in [1.82, 2.24) is 9.97 Å². The number of fused-ring (bicyclic) bond motifs is 1. The predicted molar refractivity (Wildman–Crippen MR) is 61.4 cm³/mol. The number of hydrogen-bond donors (Lipinski definition) is 2. The number of halogens is 4. The summed E-state index contributed by atoms with van der Waals surface area (Å²) in [6, 6.07) is 3.69. The Hall–Kier alpha value is -1.83. The Labute approximate surface area is 105 Å². The zero-order valence-electron chi connectivity index (χ0n) is 9.71. The van der Waals surface area contributed by atoms with Gasteiger partial charge in [-0.25, -0.2) is 9.37 Å². The van der Waals surface area contributed by atoms with E-state index in [4.69, 9.17) is 5.11 Å². The molecule has 0 fully saturated rings. The zero-order valence-corrected chi connectivity index (χ0v) is 9.71. The number of imidazole rings is 1. The molecule has 0 saturated carbocycles. The molecule has 0 atom stereocenters. The van der Waals surface area contributed by atoms with Crippen LogP contribution < -0.4 is 4.90 Å². The number of aliphatic hydroxyl groups is 1. The standard InChI is InChI=1S/C11H11F4N3O/c12-7-1-2-8-9(5-7)17-10(16-8)18(3-4-19)6-11(13,14)15/h1-2,5,19H,3-4,6H2,(H,16,17). The molecule has 0 unspecified atom stereocenters. The van der Waals surface area contributed by atoms with Crippen molar-refractivity contribution in [2.75, 3.05) is 24.6 Å². The monoisotopic (exact) mass is 277 g/mol. The number of nitrogens with one attached hydrogen (secondary N) is 1. The zero-order chi connectivity index (χ0) is 14.0. The molecule has 0 aliphatic rings. The number of H-pyrrole nitrogens is 1. The van der Waals surface area contributed by atoms with Gasteiger partial charge in [0.25, 0.3) is 0 Å². The minimum absolute atomic E-state index is 0.0491. The molecule has 104 valence electrons. The van der Waals surface area contributed by atoms with Crippen LogP contribution in [0.4, 0.5) is 23.5 Å². The van der Waals surface area contributed by atoms with Gasteiger partial charge in [0.1, 0.15) is 12.4 Å². The van der Waals surface area contributed by atoms with Gasteiger partial charge in [-0.05, 0) is 18.2 Å². The number of anilines is 1. The fraction of sp³-hybridized carbons (Fsp3) is 0.364. The molecule has 2 aromatic rings. The smallest absolute Gasteiger partial charge is 0.395 e. The van der Waals surface area contributed by atoms with Crippen molar-refractivity contribution in [1.29, 1.82) is 0 Å². The van der Waals surface area contributed by atoms with E-state index in [1.165, 1.54) is 12.1 Å². The predicted octanol–water partition coefficient (Wildman–Crippen LogP) is 2.06. The van der Waals surface area contributed by atoms with Crippen LogP contribution in [-0.2, 0) is 0 Å². The second-order valence-corrected chi connectivity index (χ2v) is 3.98. The summed E-state index contributed by atoms with van der Waals surface area (Å²) in [6.45, 7) is -1.90. The first-order valence-electron chi connectivity index (χ1n) is 5.47. The normalized spacial score (nSPS) is 12.1. The van der Waals surface area contributed by atoms with E-state index in [2.05, 4.69) is 9.97 Å². The number of aromatic amines is 1. The quantitative estimate of drug-likeness (QED) is 0.841. The lowest BCUT2D eigenvalue weighted by Gasteiger charge is -2.22. The minimum Gasteiger partial charge on any atom is -0.395 e. The molecule has 0 radical (unpaired) electrons. The van der Waals surface area contributed by atoms with Crippen LogP contribution in [0.5, 0.6) is 0 Å². The van der Waals surface area contributed by atoms with Gasteiger partial charge >= 0.3 is 6.18 Å². The molecule has 0 aliphatic carbocycles. The van der Waals surface area contributed by atoms with Gasteiger partial charge in [-0.2, -0.15) is 13.2 Å². The van der Waals surface area contributed by atoms with Gasteiger partial charge in [-0.15, -0.1) is 0 Å². The Morgan fingerprint density at radius 2 is 2.05 bits per heavy atom. The van der Waals surface area contributed by atoms with Crippen molar-refractivity contribution in [2.24, 2.45) is 0 Å². The van der Waals surface area contributed by atoms with Gasteiger partial charge in [0.05, 0.1) is 17.6 Å². The van der Waals surface area contributed by atoms with Gasteiger partial charge in [0.15, 0.2) is 0 Å². The Morgan fingerprint density at radius 1 is 1.32 bits per heavy atom. The van der Waals surface area contributed by atoms with Crippen molar-refractivity contribution < 1.29 is 22.7 Å². The molecule has 0 spiro atoms. The van der Waals surface area contributed by atoms with Crippen LogP contribution in [-0.4, -0.2) is 40.9 Å². The number of benzene rings is 1. The number of hydrogen-bond acceptors (Lipinski definition) is 3. The molecule has 0 aliphatic heterocycles. The first-order chi connectivity index (χ1) is 8.89. The molecule has 1 aromatic carbocycles. The third-order valence-corrected chi connectivity index (χ3v) is 2.47. The molecular formula is C11H11F4N3O. The van der Waals surface area contributed by atoms with Crippen molar-refractivity contribution in [3.8, 4) is 0 Å². The lowest BCUT2D eigenvalue weighted by molar-refractivity contribution is -0.120. The first kappa shape index (κ1) is 13.6. The van der Waals surface area contributed by atoms with Crippen LogP contribution in [0.15, 0.2) is 18.2 Å². The van der Waals surface area contributed by atoms with Crippen molar-refractivity contribution >= 4 is 17.0 Å². The Bertz CT molecular complexity index is 567. The molecule has 0 saturated heterocycles. The summed E-state index contributed by atoms with van der Waals surface area (Å²) in [5, 5.41) is 8.80. The highest BCUT2D eigenvalue weighted by Crippen LogP contribution is 2.22. The topological polar surface area (TPSA) is 52.1 Å². The first-order valence-corrected chi connectivity index (χ1v) is 5.47. The summed E-state index contributed by atoms with van der Waals surface area (Å²) in [5.41, 5.74) is 0.668. The van der Waals surface area contributed by atoms with E-state index in [1.54, 1.807) is 0 Å². The maximum Gasteiger partial charge on any atom is 0.406 e. The molecular weight excluding hydrogens is 266 g/mol. The summed E-state index contributed by atoms with van der Waals surface area (Å²) in [4.78, 5) is 7.42. The summed E-state index contributed by atoms with van der Waals surface area (Å²) in [6.07, 6.45) is -4.42. The van der Waals surface area contributed by atoms with Crippen LogP contribution in [0.2, 0.25) is 0 Å². The van der Waals surface area contributed by atoms with Crippen LogP contribution >= 0.6 is 0 Å². The molecule has 19 heavy (non-hydrogen) atoms. The molecule has 4 nitrogen and oxygen atoms in total. The van der Waals surface area contributed by atoms with Crippen molar-refractivity contribution in [3.05, 3.63) is 24.0 Å². The van der Waals surface area contributed by atoms with Crippen molar-refractivity contribution in [3.63, 3.8) is 0 Å². The third-order valence-electron chi connectivity index (χ3n) is 2.47.